The van der Waals surface area contributed by atoms with Crippen LogP contribution in [0.1, 0.15) is 31.5 Å². The monoisotopic (exact) mass is 518 g/mol. The first-order valence-electron chi connectivity index (χ1n) is 11.9. The van der Waals surface area contributed by atoms with Crippen LogP contribution < -0.4 is 15.6 Å². The fraction of sp³-hybridized carbons (Fsp3) is 0.478. The number of aromatic amines is 1. The van der Waals surface area contributed by atoms with Gasteiger partial charge in [0.05, 0.1) is 29.2 Å². The highest BCUT2D eigenvalue weighted by atomic mass is 32.2. The molecule has 0 atom stereocenters. The van der Waals surface area contributed by atoms with Gasteiger partial charge in [-0.2, -0.15) is 9.40 Å². The van der Waals surface area contributed by atoms with Crippen molar-refractivity contribution >= 4 is 27.0 Å². The summed E-state index contributed by atoms with van der Waals surface area (Å²) >= 11 is 0. The van der Waals surface area contributed by atoms with E-state index in [0.717, 1.165) is 6.42 Å². The van der Waals surface area contributed by atoms with Crippen LogP contribution in [0.5, 0.6) is 5.75 Å². The summed E-state index contributed by atoms with van der Waals surface area (Å²) in [4.78, 5) is 31.9. The van der Waals surface area contributed by atoms with Crippen molar-refractivity contribution in [3.8, 4) is 17.1 Å². The number of carbonyl (C=O) groups is 1. The standard InChI is InChI=1S/C23H30N6O6S/c1-4-6-16-20-21(28(3)27-16)23(32)26-22(25-20)15-13-18(36(33,34)29-9-7-24-8-10-29)14(12-19(30)31)11-17(15)35-5-2/h11,13,24H,4-10,12H2,1-3H3,(H,30,31)(H,25,26,32). The average molecular weight is 519 g/mol. The Morgan fingerprint density at radius 1 is 1.22 bits per heavy atom. The molecule has 3 aromatic rings. The van der Waals surface area contributed by atoms with E-state index in [1.807, 2.05) is 6.92 Å². The van der Waals surface area contributed by atoms with E-state index in [2.05, 4.69) is 20.4 Å². The van der Waals surface area contributed by atoms with Gasteiger partial charge in [0, 0.05) is 33.2 Å². The van der Waals surface area contributed by atoms with Gasteiger partial charge in [0.1, 0.15) is 17.1 Å². The molecule has 12 nitrogen and oxygen atoms in total. The molecule has 194 valence electrons. The van der Waals surface area contributed by atoms with Gasteiger partial charge in [0.25, 0.3) is 5.56 Å². The Bertz CT molecular complexity index is 1460. The van der Waals surface area contributed by atoms with Crippen molar-refractivity contribution in [2.45, 2.75) is 38.0 Å². The number of benzene rings is 1. The zero-order valence-electron chi connectivity index (χ0n) is 20.5. The van der Waals surface area contributed by atoms with Crippen molar-refractivity contribution in [1.29, 1.82) is 0 Å². The van der Waals surface area contributed by atoms with Crippen molar-refractivity contribution in [3.63, 3.8) is 0 Å². The summed E-state index contributed by atoms with van der Waals surface area (Å²) in [5, 5.41) is 17.0. The normalized spacial score (nSPS) is 14.9. The molecule has 1 saturated heterocycles. The maximum Gasteiger partial charge on any atom is 0.307 e. The molecule has 4 rings (SSSR count). The molecule has 36 heavy (non-hydrogen) atoms. The number of carboxylic acid groups (broad SMARTS) is 1. The predicted octanol–water partition coefficient (Wildman–Crippen LogP) is 0.896. The Balaban J connectivity index is 1.98. The van der Waals surface area contributed by atoms with Gasteiger partial charge in [-0.15, -0.1) is 0 Å². The summed E-state index contributed by atoms with van der Waals surface area (Å²) in [5.74, 6) is -0.814. The minimum Gasteiger partial charge on any atom is -0.493 e. The first-order chi connectivity index (χ1) is 17.2. The number of hydrogen-bond donors (Lipinski definition) is 3. The average Bonchev–Trinajstić information content (AvgIpc) is 3.15. The van der Waals surface area contributed by atoms with Gasteiger partial charge in [0.2, 0.25) is 10.0 Å². The molecule has 3 N–H and O–H groups in total. The molecule has 13 heteroatoms. The number of sulfonamides is 1. The van der Waals surface area contributed by atoms with Gasteiger partial charge in [-0.25, -0.2) is 13.4 Å². The number of piperazine rings is 1. The molecule has 0 radical (unpaired) electrons. The molecule has 1 aromatic carbocycles. The van der Waals surface area contributed by atoms with E-state index < -0.39 is 28.0 Å². The van der Waals surface area contributed by atoms with E-state index >= 15 is 0 Å². The van der Waals surface area contributed by atoms with E-state index in [0.29, 0.717) is 36.2 Å². The van der Waals surface area contributed by atoms with E-state index in [1.54, 1.807) is 14.0 Å². The largest absolute Gasteiger partial charge is 0.493 e. The van der Waals surface area contributed by atoms with Gasteiger partial charge in [0.15, 0.2) is 5.52 Å². The van der Waals surface area contributed by atoms with Crippen molar-refractivity contribution in [1.82, 2.24) is 29.4 Å². The number of nitrogens with one attached hydrogen (secondary N) is 2. The van der Waals surface area contributed by atoms with Crippen LogP contribution >= 0.6 is 0 Å². The zero-order chi connectivity index (χ0) is 26.0. The number of aromatic nitrogens is 4. The molecule has 0 spiro atoms. The number of aliphatic carboxylic acids is 1. The number of H-pyrrole nitrogens is 1. The Morgan fingerprint density at radius 2 is 1.94 bits per heavy atom. The number of hydrogen-bond acceptors (Lipinski definition) is 8. The van der Waals surface area contributed by atoms with Crippen LogP contribution in [0.3, 0.4) is 0 Å². The summed E-state index contributed by atoms with van der Waals surface area (Å²) in [6.07, 6.45) is 0.913. The summed E-state index contributed by atoms with van der Waals surface area (Å²) in [5.41, 5.74) is 1.35. The van der Waals surface area contributed by atoms with Gasteiger partial charge >= 0.3 is 5.97 Å². The molecule has 0 aliphatic carbocycles. The summed E-state index contributed by atoms with van der Waals surface area (Å²) < 4.78 is 35.8. The Morgan fingerprint density at radius 3 is 2.58 bits per heavy atom. The number of rotatable bonds is 9. The lowest BCUT2D eigenvalue weighted by Crippen LogP contribution is -2.46. The van der Waals surface area contributed by atoms with Gasteiger partial charge in [-0.1, -0.05) is 13.3 Å². The van der Waals surface area contributed by atoms with E-state index in [1.165, 1.54) is 21.1 Å². The van der Waals surface area contributed by atoms with Crippen molar-refractivity contribution in [2.24, 2.45) is 7.05 Å². The van der Waals surface area contributed by atoms with Crippen LogP contribution in [0, 0.1) is 0 Å². The minimum absolute atomic E-state index is 0.102. The maximum atomic E-state index is 13.6. The molecule has 1 fully saturated rings. The van der Waals surface area contributed by atoms with Crippen LogP contribution in [0.4, 0.5) is 0 Å². The third kappa shape index (κ3) is 4.86. The smallest absolute Gasteiger partial charge is 0.307 e. The van der Waals surface area contributed by atoms with Crippen LogP contribution in [0.25, 0.3) is 22.4 Å². The third-order valence-electron chi connectivity index (χ3n) is 6.00. The highest BCUT2D eigenvalue weighted by Gasteiger charge is 2.31. The van der Waals surface area contributed by atoms with Crippen molar-refractivity contribution < 1.29 is 23.1 Å². The zero-order valence-corrected chi connectivity index (χ0v) is 21.3. The molecule has 0 amide bonds. The molecule has 1 aliphatic heterocycles. The Kier molecular flexibility index (Phi) is 7.43. The summed E-state index contributed by atoms with van der Waals surface area (Å²) in [6.45, 7) is 5.49. The predicted molar refractivity (Wildman–Crippen MR) is 133 cm³/mol. The molecule has 1 aliphatic rings. The van der Waals surface area contributed by atoms with Crippen LogP contribution in [-0.4, -0.2) is 76.3 Å². The quantitative estimate of drug-likeness (QED) is 0.374. The molecule has 0 bridgehead atoms. The third-order valence-corrected chi connectivity index (χ3v) is 7.98. The van der Waals surface area contributed by atoms with Gasteiger partial charge in [-0.3, -0.25) is 14.3 Å². The molecular weight excluding hydrogens is 488 g/mol. The van der Waals surface area contributed by atoms with Crippen LogP contribution in [-0.2, 0) is 34.7 Å². The topological polar surface area (TPSA) is 160 Å². The molecule has 2 aromatic heterocycles. The van der Waals surface area contributed by atoms with E-state index in [4.69, 9.17) is 4.74 Å². The Hall–Kier alpha value is -3.29. The summed E-state index contributed by atoms with van der Waals surface area (Å²) in [7, 11) is -2.36. The number of carboxylic acids is 1. The molecular formula is C23H30N6O6S. The fourth-order valence-corrected chi connectivity index (χ4v) is 6.08. The SMILES string of the molecule is CCCc1nn(C)c2c(=O)[nH]c(-c3cc(S(=O)(=O)N4CCNCC4)c(CC(=O)O)cc3OCC)nc12. The Labute approximate surface area is 208 Å². The molecule has 3 heterocycles. The second kappa shape index (κ2) is 10.4. The second-order valence-electron chi connectivity index (χ2n) is 8.55. The molecule has 0 unspecified atom stereocenters. The van der Waals surface area contributed by atoms with Crippen LogP contribution in [0.2, 0.25) is 0 Å². The van der Waals surface area contributed by atoms with Crippen LogP contribution in [0.15, 0.2) is 21.8 Å². The highest BCUT2D eigenvalue weighted by Crippen LogP contribution is 2.35. The first kappa shape index (κ1) is 25.8. The lowest BCUT2D eigenvalue weighted by atomic mass is 10.1. The van der Waals surface area contributed by atoms with Crippen molar-refractivity contribution in [2.75, 3.05) is 32.8 Å². The molecule has 0 saturated carbocycles. The first-order valence-corrected chi connectivity index (χ1v) is 13.3. The second-order valence-corrected chi connectivity index (χ2v) is 10.5. The van der Waals surface area contributed by atoms with Gasteiger partial charge < -0.3 is 20.1 Å². The number of aryl methyl sites for hydroxylation is 2. The fourth-order valence-electron chi connectivity index (χ4n) is 4.41. The number of fused-ring (bicyclic) bond motifs is 1. The van der Waals surface area contributed by atoms with Gasteiger partial charge in [-0.05, 0) is 31.0 Å². The van der Waals surface area contributed by atoms with Crippen molar-refractivity contribution in [3.05, 3.63) is 33.7 Å². The highest BCUT2D eigenvalue weighted by molar-refractivity contribution is 7.89. The number of nitrogens with zero attached hydrogens (tertiary/aromatic N) is 4. The van der Waals surface area contributed by atoms with E-state index in [-0.39, 0.29) is 47.3 Å². The lowest BCUT2D eigenvalue weighted by molar-refractivity contribution is -0.136. The maximum absolute atomic E-state index is 13.6. The van der Waals surface area contributed by atoms with E-state index in [9.17, 15) is 23.1 Å². The lowest BCUT2D eigenvalue weighted by Gasteiger charge is -2.28. The summed E-state index contributed by atoms with van der Waals surface area (Å²) in [6, 6.07) is 2.78. The minimum atomic E-state index is -4.03. The number of ether oxygens (including phenoxy) is 1.